The Kier molecular flexibility index (Phi) is 6.36. The Labute approximate surface area is 137 Å². The minimum absolute atomic E-state index is 0.253. The lowest BCUT2D eigenvalue weighted by Gasteiger charge is -2.19. The molecule has 0 unspecified atom stereocenters. The Bertz CT molecular complexity index is 577. The van der Waals surface area contributed by atoms with Crippen molar-refractivity contribution in [1.82, 2.24) is 9.97 Å². The van der Waals surface area contributed by atoms with Crippen molar-refractivity contribution >= 4 is 41.0 Å². The summed E-state index contributed by atoms with van der Waals surface area (Å²) in [5.41, 5.74) is -1.30. The van der Waals surface area contributed by atoms with Crippen molar-refractivity contribution in [1.29, 1.82) is 0 Å². The van der Waals surface area contributed by atoms with Crippen LogP contribution in [0.4, 0.5) is 16.3 Å². The summed E-state index contributed by atoms with van der Waals surface area (Å²) in [6.07, 6.45) is 0.0223. The van der Waals surface area contributed by atoms with Crippen LogP contribution in [-0.2, 0) is 4.74 Å². The number of nitrogens with zero attached hydrogens (tertiary/aromatic N) is 3. The first-order valence-corrected chi connectivity index (χ1v) is 7.85. The molecule has 22 heavy (non-hydrogen) atoms. The van der Waals surface area contributed by atoms with Crippen LogP contribution in [0.15, 0.2) is 5.16 Å². The molecule has 1 aromatic heterocycles. The predicted octanol–water partition coefficient (Wildman–Crippen LogP) is 3.89. The molecule has 0 saturated carbocycles. The van der Waals surface area contributed by atoms with Crippen LogP contribution in [0.2, 0.25) is 5.15 Å². The van der Waals surface area contributed by atoms with Crippen molar-refractivity contribution < 1.29 is 14.5 Å². The highest BCUT2D eigenvalue weighted by Gasteiger charge is 2.27. The van der Waals surface area contributed by atoms with Crippen molar-refractivity contribution in [3.8, 4) is 0 Å². The normalized spacial score (nSPS) is 11.1. The van der Waals surface area contributed by atoms with Gasteiger partial charge in [-0.1, -0.05) is 30.3 Å². The molecule has 1 aromatic rings. The van der Waals surface area contributed by atoms with Gasteiger partial charge in [0.15, 0.2) is 5.16 Å². The largest absolute Gasteiger partial charge is 0.444 e. The summed E-state index contributed by atoms with van der Waals surface area (Å²) in [7, 11) is 0. The molecule has 122 valence electrons. The van der Waals surface area contributed by atoms with Gasteiger partial charge in [0.25, 0.3) is 0 Å². The highest BCUT2D eigenvalue weighted by atomic mass is 35.5. The van der Waals surface area contributed by atoms with E-state index in [1.807, 2.05) is 6.92 Å². The molecular formula is C12H17ClN4O4S. The van der Waals surface area contributed by atoms with Gasteiger partial charge < -0.3 is 4.74 Å². The van der Waals surface area contributed by atoms with Crippen molar-refractivity contribution in [2.75, 3.05) is 11.1 Å². The summed E-state index contributed by atoms with van der Waals surface area (Å²) in [5, 5.41) is 13.3. The fourth-order valence-electron chi connectivity index (χ4n) is 1.32. The molecule has 1 heterocycles. The Morgan fingerprint density at radius 1 is 1.45 bits per heavy atom. The number of ether oxygens (including phenoxy) is 1. The SMILES string of the molecule is CCCSc1nc(Cl)c([N+](=O)[O-])c(NC(=O)OC(C)(C)C)n1. The smallest absolute Gasteiger partial charge is 0.413 e. The van der Waals surface area contributed by atoms with E-state index in [2.05, 4.69) is 15.3 Å². The number of halogens is 1. The summed E-state index contributed by atoms with van der Waals surface area (Å²) in [4.78, 5) is 29.9. The zero-order valence-electron chi connectivity index (χ0n) is 12.7. The van der Waals surface area contributed by atoms with Gasteiger partial charge in [-0.2, -0.15) is 4.98 Å². The first kappa shape index (κ1) is 18.4. The number of rotatable bonds is 5. The monoisotopic (exact) mass is 348 g/mol. The van der Waals surface area contributed by atoms with E-state index in [1.165, 1.54) is 11.8 Å². The maximum absolute atomic E-state index is 11.8. The minimum Gasteiger partial charge on any atom is -0.444 e. The fraction of sp³-hybridized carbons (Fsp3) is 0.583. The summed E-state index contributed by atoms with van der Waals surface area (Å²) < 4.78 is 5.05. The molecule has 0 spiro atoms. The first-order chi connectivity index (χ1) is 10.1. The predicted molar refractivity (Wildman–Crippen MR) is 84.6 cm³/mol. The molecule has 0 radical (unpaired) electrons. The number of nitro groups is 1. The van der Waals surface area contributed by atoms with Crippen molar-refractivity contribution in [3.63, 3.8) is 0 Å². The van der Waals surface area contributed by atoms with Gasteiger partial charge in [0, 0.05) is 5.75 Å². The molecule has 1 amide bonds. The van der Waals surface area contributed by atoms with E-state index < -0.39 is 22.3 Å². The van der Waals surface area contributed by atoms with Crippen LogP contribution >= 0.6 is 23.4 Å². The maximum atomic E-state index is 11.8. The topological polar surface area (TPSA) is 107 Å². The molecule has 1 rings (SSSR count). The molecule has 0 fully saturated rings. The molecule has 0 bridgehead atoms. The highest BCUT2D eigenvalue weighted by Crippen LogP contribution is 2.32. The molecule has 0 aliphatic carbocycles. The standard InChI is InChI=1S/C12H17ClN4O4S/c1-5-6-22-10-14-8(13)7(17(19)20)9(15-10)16-11(18)21-12(2,3)4/h5-6H2,1-4H3,(H,14,15,16,18). The van der Waals surface area contributed by atoms with Crippen LogP contribution in [0.1, 0.15) is 34.1 Å². The second-order valence-electron chi connectivity index (χ2n) is 5.23. The third-order valence-electron chi connectivity index (χ3n) is 2.06. The van der Waals surface area contributed by atoms with Crippen LogP contribution in [0, 0.1) is 10.1 Å². The Morgan fingerprint density at radius 3 is 2.59 bits per heavy atom. The molecule has 0 aromatic carbocycles. The van der Waals surface area contributed by atoms with Gasteiger partial charge in [-0.3, -0.25) is 15.4 Å². The van der Waals surface area contributed by atoms with Crippen LogP contribution in [-0.4, -0.2) is 32.3 Å². The number of carbonyl (C=O) groups excluding carboxylic acids is 1. The van der Waals surface area contributed by atoms with E-state index in [0.29, 0.717) is 0 Å². The molecule has 0 aliphatic heterocycles. The van der Waals surface area contributed by atoms with Gasteiger partial charge >= 0.3 is 11.8 Å². The number of anilines is 1. The summed E-state index contributed by atoms with van der Waals surface area (Å²) in [6.45, 7) is 7.00. The Hall–Kier alpha value is -1.61. The molecule has 0 aliphatic rings. The van der Waals surface area contributed by atoms with Crippen LogP contribution in [0.5, 0.6) is 0 Å². The maximum Gasteiger partial charge on any atom is 0.413 e. The van der Waals surface area contributed by atoms with E-state index in [4.69, 9.17) is 16.3 Å². The molecule has 0 atom stereocenters. The molecule has 0 saturated heterocycles. The molecular weight excluding hydrogens is 332 g/mol. The van der Waals surface area contributed by atoms with Gasteiger partial charge in [-0.05, 0) is 27.2 Å². The average Bonchev–Trinajstić information content (AvgIpc) is 2.32. The second kappa shape index (κ2) is 7.59. The van der Waals surface area contributed by atoms with E-state index in [0.717, 1.165) is 12.2 Å². The van der Waals surface area contributed by atoms with Crippen LogP contribution in [0.25, 0.3) is 0 Å². The molecule has 10 heteroatoms. The average molecular weight is 349 g/mol. The third kappa shape index (κ3) is 5.64. The van der Waals surface area contributed by atoms with Crippen molar-refractivity contribution in [2.24, 2.45) is 0 Å². The fourth-order valence-corrected chi connectivity index (χ4v) is 2.30. The number of nitrogens with one attached hydrogen (secondary N) is 1. The van der Waals surface area contributed by atoms with Gasteiger partial charge in [0.1, 0.15) is 5.60 Å². The number of hydrogen-bond donors (Lipinski definition) is 1. The lowest BCUT2D eigenvalue weighted by molar-refractivity contribution is -0.384. The summed E-state index contributed by atoms with van der Waals surface area (Å²) in [5.74, 6) is 0.442. The Balaban J connectivity index is 3.10. The number of carbonyl (C=O) groups is 1. The number of amides is 1. The number of thioether (sulfide) groups is 1. The summed E-state index contributed by atoms with van der Waals surface area (Å²) in [6, 6.07) is 0. The van der Waals surface area contributed by atoms with Crippen LogP contribution in [0.3, 0.4) is 0 Å². The minimum atomic E-state index is -0.850. The van der Waals surface area contributed by atoms with Gasteiger partial charge in [0.05, 0.1) is 4.92 Å². The lowest BCUT2D eigenvalue weighted by atomic mass is 10.2. The Morgan fingerprint density at radius 2 is 2.09 bits per heavy atom. The van der Waals surface area contributed by atoms with E-state index in [1.54, 1.807) is 20.8 Å². The quantitative estimate of drug-likeness (QED) is 0.283. The van der Waals surface area contributed by atoms with Crippen LogP contribution < -0.4 is 5.32 Å². The van der Waals surface area contributed by atoms with Gasteiger partial charge in [-0.15, -0.1) is 0 Å². The molecule has 1 N–H and O–H groups in total. The van der Waals surface area contributed by atoms with E-state index in [-0.39, 0.29) is 16.1 Å². The third-order valence-corrected chi connectivity index (χ3v) is 3.37. The zero-order valence-corrected chi connectivity index (χ0v) is 14.2. The highest BCUT2D eigenvalue weighted by molar-refractivity contribution is 7.99. The van der Waals surface area contributed by atoms with Crippen molar-refractivity contribution in [3.05, 3.63) is 15.3 Å². The van der Waals surface area contributed by atoms with Crippen molar-refractivity contribution in [2.45, 2.75) is 44.9 Å². The van der Waals surface area contributed by atoms with E-state index in [9.17, 15) is 14.9 Å². The summed E-state index contributed by atoms with van der Waals surface area (Å²) >= 11 is 7.11. The first-order valence-electron chi connectivity index (χ1n) is 6.48. The zero-order chi connectivity index (χ0) is 16.9. The second-order valence-corrected chi connectivity index (χ2v) is 6.65. The number of hydrogen-bond acceptors (Lipinski definition) is 7. The lowest BCUT2D eigenvalue weighted by Crippen LogP contribution is -2.27. The molecule has 8 nitrogen and oxygen atoms in total. The van der Waals surface area contributed by atoms with Gasteiger partial charge in [0.2, 0.25) is 11.0 Å². The van der Waals surface area contributed by atoms with Gasteiger partial charge in [-0.25, -0.2) is 9.78 Å². The number of aromatic nitrogens is 2. The van der Waals surface area contributed by atoms with E-state index >= 15 is 0 Å².